The molecule has 0 saturated carbocycles. The molecule has 21 heavy (non-hydrogen) atoms. The molecule has 3 heterocycles. The highest BCUT2D eigenvalue weighted by atomic mass is 32.1. The molecule has 0 unspecified atom stereocenters. The minimum absolute atomic E-state index is 0.0283. The van der Waals surface area contributed by atoms with Crippen LogP contribution in [0.5, 0.6) is 0 Å². The molecule has 0 atom stereocenters. The number of hydrogen-bond donors (Lipinski definition) is 0. The number of aromatic nitrogens is 3. The minimum atomic E-state index is -0.0283. The first kappa shape index (κ1) is 14.0. The largest absolute Gasteiger partial charge is 0.361 e. The first-order valence-electron chi connectivity index (χ1n) is 6.60. The summed E-state index contributed by atoms with van der Waals surface area (Å²) in [4.78, 5) is 19.4. The summed E-state index contributed by atoms with van der Waals surface area (Å²) in [7, 11) is 1.97. The van der Waals surface area contributed by atoms with Gasteiger partial charge in [0.2, 0.25) is 0 Å². The lowest BCUT2D eigenvalue weighted by Crippen LogP contribution is -2.21. The van der Waals surface area contributed by atoms with E-state index in [-0.39, 0.29) is 5.56 Å². The Morgan fingerprint density at radius 1 is 1.29 bits per heavy atom. The van der Waals surface area contributed by atoms with Crippen molar-refractivity contribution in [2.45, 2.75) is 26.9 Å². The second-order valence-electron chi connectivity index (χ2n) is 5.18. The van der Waals surface area contributed by atoms with E-state index in [1.807, 2.05) is 32.3 Å². The van der Waals surface area contributed by atoms with Crippen molar-refractivity contribution >= 4 is 16.3 Å². The van der Waals surface area contributed by atoms with Gasteiger partial charge in [0, 0.05) is 36.3 Å². The van der Waals surface area contributed by atoms with Gasteiger partial charge < -0.3 is 4.52 Å². The number of thiazole rings is 1. The molecule has 0 aliphatic rings. The van der Waals surface area contributed by atoms with E-state index in [0.29, 0.717) is 13.1 Å². The first-order valence-corrected chi connectivity index (χ1v) is 7.48. The molecule has 0 aliphatic heterocycles. The van der Waals surface area contributed by atoms with Crippen LogP contribution in [-0.4, -0.2) is 26.5 Å². The Hall–Kier alpha value is -1.99. The molecule has 110 valence electrons. The number of fused-ring (bicyclic) bond motifs is 1. The molecule has 7 heteroatoms. The van der Waals surface area contributed by atoms with E-state index in [1.165, 1.54) is 11.3 Å². The lowest BCUT2D eigenvalue weighted by Gasteiger charge is -2.14. The van der Waals surface area contributed by atoms with Crippen LogP contribution in [0.3, 0.4) is 0 Å². The zero-order chi connectivity index (χ0) is 15.0. The maximum atomic E-state index is 12.1. The van der Waals surface area contributed by atoms with Gasteiger partial charge in [0.1, 0.15) is 5.76 Å². The van der Waals surface area contributed by atoms with Crippen molar-refractivity contribution in [1.82, 2.24) is 19.4 Å². The molecule has 0 aromatic carbocycles. The summed E-state index contributed by atoms with van der Waals surface area (Å²) in [5.74, 6) is 0.797. The van der Waals surface area contributed by atoms with Crippen molar-refractivity contribution in [2.75, 3.05) is 7.05 Å². The second-order valence-corrected chi connectivity index (χ2v) is 6.02. The Kier molecular flexibility index (Phi) is 3.60. The normalized spacial score (nSPS) is 11.6. The molecule has 3 rings (SSSR count). The van der Waals surface area contributed by atoms with E-state index in [0.717, 1.165) is 27.8 Å². The van der Waals surface area contributed by atoms with Gasteiger partial charge in [-0.05, 0) is 20.9 Å². The van der Waals surface area contributed by atoms with E-state index in [9.17, 15) is 4.79 Å². The van der Waals surface area contributed by atoms with Crippen LogP contribution in [0.25, 0.3) is 4.96 Å². The van der Waals surface area contributed by atoms with Crippen LogP contribution in [0.4, 0.5) is 0 Å². The average Bonchev–Trinajstić information content (AvgIpc) is 2.96. The van der Waals surface area contributed by atoms with Crippen LogP contribution in [0.1, 0.15) is 22.8 Å². The van der Waals surface area contributed by atoms with Crippen molar-refractivity contribution in [3.05, 3.63) is 50.7 Å². The molecule has 6 nitrogen and oxygen atoms in total. The van der Waals surface area contributed by atoms with Gasteiger partial charge in [-0.2, -0.15) is 0 Å². The lowest BCUT2D eigenvalue weighted by molar-refractivity contribution is 0.299. The van der Waals surface area contributed by atoms with E-state index >= 15 is 0 Å². The first-order chi connectivity index (χ1) is 10.0. The Morgan fingerprint density at radius 2 is 2.05 bits per heavy atom. The summed E-state index contributed by atoms with van der Waals surface area (Å²) in [5, 5.41) is 5.91. The zero-order valence-electron chi connectivity index (χ0n) is 12.2. The van der Waals surface area contributed by atoms with Gasteiger partial charge in [0.05, 0.1) is 11.4 Å². The van der Waals surface area contributed by atoms with Gasteiger partial charge in [0.25, 0.3) is 5.56 Å². The molecule has 3 aromatic rings. The number of aryl methyl sites for hydroxylation is 2. The Balaban J connectivity index is 1.79. The van der Waals surface area contributed by atoms with Crippen LogP contribution >= 0.6 is 11.3 Å². The summed E-state index contributed by atoms with van der Waals surface area (Å²) in [6, 6.07) is 3.50. The quantitative estimate of drug-likeness (QED) is 0.737. The van der Waals surface area contributed by atoms with Crippen molar-refractivity contribution in [2.24, 2.45) is 0 Å². The summed E-state index contributed by atoms with van der Waals surface area (Å²) in [5.41, 5.74) is 2.54. The number of nitrogens with zero attached hydrogens (tertiary/aromatic N) is 4. The van der Waals surface area contributed by atoms with Crippen LogP contribution in [0.2, 0.25) is 0 Å². The third-order valence-corrected chi connectivity index (χ3v) is 4.11. The van der Waals surface area contributed by atoms with Crippen molar-refractivity contribution in [3.8, 4) is 0 Å². The molecule has 0 saturated heterocycles. The van der Waals surface area contributed by atoms with Crippen LogP contribution in [0.15, 0.2) is 26.8 Å². The maximum Gasteiger partial charge on any atom is 0.259 e. The van der Waals surface area contributed by atoms with Crippen LogP contribution < -0.4 is 5.56 Å². The van der Waals surface area contributed by atoms with E-state index < -0.39 is 0 Å². The Bertz CT molecular complexity index is 833. The third-order valence-electron chi connectivity index (χ3n) is 3.17. The summed E-state index contributed by atoms with van der Waals surface area (Å²) < 4.78 is 6.69. The minimum Gasteiger partial charge on any atom is -0.361 e. The molecular weight excluding hydrogens is 288 g/mol. The van der Waals surface area contributed by atoms with Gasteiger partial charge in [0.15, 0.2) is 4.96 Å². The number of rotatable bonds is 4. The molecular formula is C14H16N4O2S. The fourth-order valence-corrected chi connectivity index (χ4v) is 3.17. The van der Waals surface area contributed by atoms with Crippen molar-refractivity contribution < 1.29 is 4.52 Å². The van der Waals surface area contributed by atoms with E-state index in [1.54, 1.807) is 10.5 Å². The smallest absolute Gasteiger partial charge is 0.259 e. The highest BCUT2D eigenvalue weighted by Gasteiger charge is 2.10. The number of hydrogen-bond acceptors (Lipinski definition) is 6. The molecule has 0 N–H and O–H groups in total. The molecule has 0 amide bonds. The fourth-order valence-electron chi connectivity index (χ4n) is 2.28. The highest BCUT2D eigenvalue weighted by Crippen LogP contribution is 2.13. The van der Waals surface area contributed by atoms with Gasteiger partial charge in [-0.3, -0.25) is 14.1 Å². The molecule has 0 bridgehead atoms. The lowest BCUT2D eigenvalue weighted by atomic mass is 10.3. The van der Waals surface area contributed by atoms with E-state index in [4.69, 9.17) is 4.52 Å². The third kappa shape index (κ3) is 2.88. The molecule has 0 spiro atoms. The van der Waals surface area contributed by atoms with E-state index in [2.05, 4.69) is 15.0 Å². The topological polar surface area (TPSA) is 63.6 Å². The molecule has 0 aliphatic carbocycles. The van der Waals surface area contributed by atoms with Crippen LogP contribution in [0, 0.1) is 13.8 Å². The van der Waals surface area contributed by atoms with Gasteiger partial charge in [-0.1, -0.05) is 5.16 Å². The monoisotopic (exact) mass is 304 g/mol. The van der Waals surface area contributed by atoms with Crippen LogP contribution in [-0.2, 0) is 13.1 Å². The fraction of sp³-hybridized carbons (Fsp3) is 0.357. The zero-order valence-corrected chi connectivity index (χ0v) is 13.0. The van der Waals surface area contributed by atoms with Gasteiger partial charge >= 0.3 is 0 Å². The predicted molar refractivity (Wildman–Crippen MR) is 80.5 cm³/mol. The predicted octanol–water partition coefficient (Wildman–Crippen LogP) is 1.99. The van der Waals surface area contributed by atoms with Gasteiger partial charge in [-0.15, -0.1) is 11.3 Å². The SMILES string of the molecule is Cc1cc(CN(C)Cc2cc(=O)n3c(C)csc3n2)no1. The summed E-state index contributed by atoms with van der Waals surface area (Å²) in [6.07, 6.45) is 0. The second kappa shape index (κ2) is 5.42. The Labute approximate surface area is 125 Å². The molecule has 0 radical (unpaired) electrons. The summed E-state index contributed by atoms with van der Waals surface area (Å²) >= 11 is 1.48. The molecule has 3 aromatic heterocycles. The highest BCUT2D eigenvalue weighted by molar-refractivity contribution is 7.15. The molecule has 0 fully saturated rings. The van der Waals surface area contributed by atoms with Gasteiger partial charge in [-0.25, -0.2) is 4.98 Å². The van der Waals surface area contributed by atoms with Crippen molar-refractivity contribution in [3.63, 3.8) is 0 Å². The summed E-state index contributed by atoms with van der Waals surface area (Å²) in [6.45, 7) is 5.02. The standard InChI is InChI=1S/C14H16N4O2S/c1-9-8-21-14-15-11(5-13(19)18(9)14)6-17(3)7-12-4-10(2)20-16-12/h4-5,8H,6-7H2,1-3H3. The Morgan fingerprint density at radius 3 is 2.76 bits per heavy atom. The van der Waals surface area contributed by atoms with Crippen molar-refractivity contribution in [1.29, 1.82) is 0 Å². The maximum absolute atomic E-state index is 12.1. The average molecular weight is 304 g/mol.